The Morgan fingerprint density at radius 3 is 2.96 bits per heavy atom. The van der Waals surface area contributed by atoms with Crippen LogP contribution in [0.3, 0.4) is 0 Å². The third-order valence-corrected chi connectivity index (χ3v) is 5.80. The molecule has 0 bridgehead atoms. The van der Waals surface area contributed by atoms with E-state index >= 15 is 0 Å². The number of thiazole rings is 1. The Hall–Kier alpha value is -2.18. The Morgan fingerprint density at radius 1 is 1.42 bits per heavy atom. The van der Waals surface area contributed by atoms with Crippen LogP contribution in [0, 0.1) is 6.92 Å². The fourth-order valence-electron chi connectivity index (χ4n) is 3.32. The number of carbonyl (C=O) groups is 1. The molecule has 1 fully saturated rings. The van der Waals surface area contributed by atoms with Gasteiger partial charge in [-0.1, -0.05) is 41.7 Å². The van der Waals surface area contributed by atoms with E-state index in [2.05, 4.69) is 22.4 Å². The fourth-order valence-corrected chi connectivity index (χ4v) is 4.32. The van der Waals surface area contributed by atoms with Gasteiger partial charge in [0.05, 0.1) is 6.54 Å². The third kappa shape index (κ3) is 2.52. The summed E-state index contributed by atoms with van der Waals surface area (Å²) in [7, 11) is 0. The first kappa shape index (κ1) is 15.4. The van der Waals surface area contributed by atoms with Crippen LogP contribution in [0.4, 0.5) is 0 Å². The molecule has 1 aliphatic rings. The second kappa shape index (κ2) is 6.03. The molecular weight excluding hydrogens is 322 g/mol. The normalized spacial score (nSPS) is 20.5. The number of nitrogens with zero attached hydrogens (tertiary/aromatic N) is 2. The molecule has 5 nitrogen and oxygen atoms in total. The van der Waals surface area contributed by atoms with Gasteiger partial charge in [-0.05, 0) is 25.3 Å². The molecule has 24 heavy (non-hydrogen) atoms. The Bertz CT molecular complexity index is 863. The van der Waals surface area contributed by atoms with Gasteiger partial charge in [0.25, 0.3) is 5.91 Å². The summed E-state index contributed by atoms with van der Waals surface area (Å²) in [6.07, 6.45) is 5.56. The molecule has 0 radical (unpaired) electrons. The molecule has 1 atom stereocenters. The highest BCUT2D eigenvalue weighted by molar-refractivity contribution is 7.19. The average molecular weight is 341 g/mol. The van der Waals surface area contributed by atoms with Gasteiger partial charge in [-0.15, -0.1) is 0 Å². The van der Waals surface area contributed by atoms with Crippen molar-refractivity contribution in [1.29, 1.82) is 0 Å². The lowest BCUT2D eigenvalue weighted by Crippen LogP contribution is -2.40. The summed E-state index contributed by atoms with van der Waals surface area (Å²) in [5.74, 6) is -0.0613. The zero-order valence-electron chi connectivity index (χ0n) is 13.5. The molecule has 1 amide bonds. The van der Waals surface area contributed by atoms with Crippen LogP contribution >= 0.6 is 11.3 Å². The molecule has 1 N–H and O–H groups in total. The van der Waals surface area contributed by atoms with E-state index in [0.29, 0.717) is 11.4 Å². The minimum absolute atomic E-state index is 0.0613. The maximum atomic E-state index is 12.7. The number of benzene rings is 1. The summed E-state index contributed by atoms with van der Waals surface area (Å²) in [5, 5.41) is 3.08. The number of nitrogens with one attached hydrogen (secondary N) is 1. The van der Waals surface area contributed by atoms with Gasteiger partial charge in [-0.2, -0.15) is 0 Å². The maximum Gasteiger partial charge on any atom is 0.263 e. The van der Waals surface area contributed by atoms with Gasteiger partial charge >= 0.3 is 0 Å². The van der Waals surface area contributed by atoms with Crippen LogP contribution in [0.15, 0.2) is 42.7 Å². The van der Waals surface area contributed by atoms with Gasteiger partial charge in [0, 0.05) is 24.7 Å². The van der Waals surface area contributed by atoms with E-state index in [1.165, 1.54) is 11.3 Å². The SMILES string of the molecule is Cc1c(C(=O)NCC2(c3ccccc3)CCCO2)sc2nccn12. The smallest absolute Gasteiger partial charge is 0.263 e. The van der Waals surface area contributed by atoms with E-state index < -0.39 is 5.60 Å². The molecule has 3 aromatic rings. The van der Waals surface area contributed by atoms with Crippen LogP contribution in [0.5, 0.6) is 0 Å². The van der Waals surface area contributed by atoms with Crippen molar-refractivity contribution in [3.8, 4) is 0 Å². The number of fused-ring (bicyclic) bond motifs is 1. The number of rotatable bonds is 4. The molecular formula is C18H19N3O2S. The van der Waals surface area contributed by atoms with Crippen molar-refractivity contribution in [2.75, 3.05) is 13.2 Å². The quantitative estimate of drug-likeness (QED) is 0.793. The Balaban J connectivity index is 1.55. The first-order chi connectivity index (χ1) is 11.7. The lowest BCUT2D eigenvalue weighted by atomic mass is 9.90. The van der Waals surface area contributed by atoms with Crippen molar-refractivity contribution >= 4 is 22.2 Å². The Morgan fingerprint density at radius 2 is 2.25 bits per heavy atom. The van der Waals surface area contributed by atoms with E-state index in [9.17, 15) is 4.79 Å². The molecule has 4 rings (SSSR count). The minimum atomic E-state index is -0.414. The summed E-state index contributed by atoms with van der Waals surface area (Å²) in [4.78, 5) is 18.5. The van der Waals surface area contributed by atoms with Gasteiger partial charge in [0.1, 0.15) is 10.5 Å². The summed E-state index contributed by atoms with van der Waals surface area (Å²) in [6.45, 7) is 3.16. The van der Waals surface area contributed by atoms with Gasteiger partial charge in [-0.3, -0.25) is 9.20 Å². The molecule has 1 unspecified atom stereocenters. The highest BCUT2D eigenvalue weighted by Gasteiger charge is 2.37. The Labute approximate surface area is 144 Å². The summed E-state index contributed by atoms with van der Waals surface area (Å²) >= 11 is 1.41. The number of ether oxygens (including phenoxy) is 1. The van der Waals surface area contributed by atoms with Crippen molar-refractivity contribution in [2.45, 2.75) is 25.4 Å². The zero-order valence-corrected chi connectivity index (χ0v) is 14.3. The van der Waals surface area contributed by atoms with E-state index in [0.717, 1.165) is 35.7 Å². The monoisotopic (exact) mass is 341 g/mol. The molecule has 1 aliphatic heterocycles. The predicted octanol–water partition coefficient (Wildman–Crippen LogP) is 3.14. The number of amides is 1. The second-order valence-electron chi connectivity index (χ2n) is 6.09. The predicted molar refractivity (Wildman–Crippen MR) is 93.4 cm³/mol. The largest absolute Gasteiger partial charge is 0.368 e. The molecule has 3 heterocycles. The number of aryl methyl sites for hydroxylation is 1. The fraction of sp³-hybridized carbons (Fsp3) is 0.333. The zero-order chi connectivity index (χ0) is 16.6. The average Bonchev–Trinajstić information content (AvgIpc) is 3.32. The number of carbonyl (C=O) groups excluding carboxylic acids is 1. The maximum absolute atomic E-state index is 12.7. The summed E-state index contributed by atoms with van der Waals surface area (Å²) < 4.78 is 8.00. The van der Waals surface area contributed by atoms with Crippen molar-refractivity contribution in [1.82, 2.24) is 14.7 Å². The van der Waals surface area contributed by atoms with E-state index in [-0.39, 0.29) is 5.91 Å². The molecule has 1 saturated heterocycles. The molecule has 6 heteroatoms. The van der Waals surface area contributed by atoms with Crippen LogP contribution < -0.4 is 5.32 Å². The van der Waals surface area contributed by atoms with Gasteiger partial charge in [-0.25, -0.2) is 4.98 Å². The Kier molecular flexibility index (Phi) is 3.86. The second-order valence-corrected chi connectivity index (χ2v) is 7.07. The van der Waals surface area contributed by atoms with Crippen LogP contribution in [0.2, 0.25) is 0 Å². The standard InChI is InChI=1S/C18H19N3O2S/c1-13-15(24-17-19-9-10-21(13)17)16(22)20-12-18(8-5-11-23-18)14-6-3-2-4-7-14/h2-4,6-7,9-10H,5,8,11-12H2,1H3,(H,20,22). The number of aromatic nitrogens is 2. The lowest BCUT2D eigenvalue weighted by molar-refractivity contribution is 0.00138. The first-order valence-corrected chi connectivity index (χ1v) is 8.91. The van der Waals surface area contributed by atoms with Crippen molar-refractivity contribution < 1.29 is 9.53 Å². The van der Waals surface area contributed by atoms with Crippen LogP contribution in [-0.4, -0.2) is 28.4 Å². The van der Waals surface area contributed by atoms with Gasteiger partial charge in [0.15, 0.2) is 4.96 Å². The molecule has 2 aromatic heterocycles. The molecule has 0 saturated carbocycles. The van der Waals surface area contributed by atoms with Crippen molar-refractivity contribution in [3.05, 3.63) is 58.9 Å². The highest BCUT2D eigenvalue weighted by Crippen LogP contribution is 2.35. The number of hydrogen-bond donors (Lipinski definition) is 1. The van der Waals surface area contributed by atoms with Crippen molar-refractivity contribution in [3.63, 3.8) is 0 Å². The molecule has 1 aromatic carbocycles. The van der Waals surface area contributed by atoms with Gasteiger partial charge in [0.2, 0.25) is 0 Å². The topological polar surface area (TPSA) is 55.6 Å². The number of hydrogen-bond acceptors (Lipinski definition) is 4. The molecule has 124 valence electrons. The van der Waals surface area contributed by atoms with Crippen LogP contribution in [0.25, 0.3) is 4.96 Å². The van der Waals surface area contributed by atoms with E-state index in [1.54, 1.807) is 6.20 Å². The third-order valence-electron chi connectivity index (χ3n) is 4.63. The van der Waals surface area contributed by atoms with Crippen LogP contribution in [0.1, 0.15) is 33.8 Å². The van der Waals surface area contributed by atoms with Crippen LogP contribution in [-0.2, 0) is 10.3 Å². The van der Waals surface area contributed by atoms with E-state index in [1.807, 2.05) is 35.7 Å². The number of imidazole rings is 1. The highest BCUT2D eigenvalue weighted by atomic mass is 32.1. The lowest BCUT2D eigenvalue weighted by Gasteiger charge is -2.29. The summed E-state index contributed by atoms with van der Waals surface area (Å²) in [5.41, 5.74) is 1.63. The summed E-state index contributed by atoms with van der Waals surface area (Å²) in [6, 6.07) is 10.2. The first-order valence-electron chi connectivity index (χ1n) is 8.10. The van der Waals surface area contributed by atoms with E-state index in [4.69, 9.17) is 4.74 Å². The molecule has 0 aliphatic carbocycles. The van der Waals surface area contributed by atoms with Crippen molar-refractivity contribution in [2.24, 2.45) is 0 Å². The molecule has 0 spiro atoms. The van der Waals surface area contributed by atoms with Gasteiger partial charge < -0.3 is 10.1 Å². The minimum Gasteiger partial charge on any atom is -0.368 e.